The van der Waals surface area contributed by atoms with Gasteiger partial charge in [0.1, 0.15) is 0 Å². The number of aliphatic hydroxyl groups excluding tert-OH is 1. The van der Waals surface area contributed by atoms with Crippen molar-refractivity contribution in [3.63, 3.8) is 0 Å². The van der Waals surface area contributed by atoms with Gasteiger partial charge in [0.15, 0.2) is 0 Å². The van der Waals surface area contributed by atoms with Crippen molar-refractivity contribution in [2.24, 2.45) is 0 Å². The Labute approximate surface area is 183 Å². The third-order valence-corrected chi connectivity index (χ3v) is 6.19. The summed E-state index contributed by atoms with van der Waals surface area (Å²) in [4.78, 5) is 11.9. The molecule has 166 valence electrons. The number of aliphatic hydroxyl groups is 1. The van der Waals surface area contributed by atoms with Crippen molar-refractivity contribution in [2.75, 3.05) is 24.2 Å². The number of anilines is 1. The fourth-order valence-electron chi connectivity index (χ4n) is 3.50. The molecule has 0 heterocycles. The number of rotatable bonds is 19. The van der Waals surface area contributed by atoms with Gasteiger partial charge >= 0.3 is 0 Å². The lowest BCUT2D eigenvalue weighted by Gasteiger charge is -2.07. The maximum absolute atomic E-state index is 11.9. The van der Waals surface area contributed by atoms with E-state index in [0.29, 0.717) is 11.3 Å². The second-order valence-electron chi connectivity index (χ2n) is 7.96. The maximum Gasteiger partial charge on any atom is 0.219 e. The van der Waals surface area contributed by atoms with E-state index in [2.05, 4.69) is 12.2 Å². The molecule has 0 aliphatic rings. The molecular formula is C25H43NO2S. The summed E-state index contributed by atoms with van der Waals surface area (Å²) in [7, 11) is 0. The molecule has 0 saturated heterocycles. The number of thioether (sulfide) groups is 1. The van der Waals surface area contributed by atoms with Gasteiger partial charge in [-0.25, -0.2) is 0 Å². The molecule has 3 nitrogen and oxygen atoms in total. The maximum atomic E-state index is 11.9. The highest BCUT2D eigenvalue weighted by atomic mass is 32.2. The van der Waals surface area contributed by atoms with Crippen LogP contribution in [0.25, 0.3) is 0 Å². The molecule has 0 aliphatic heterocycles. The second kappa shape index (κ2) is 19.0. The smallest absolute Gasteiger partial charge is 0.219 e. The van der Waals surface area contributed by atoms with E-state index in [-0.39, 0.29) is 11.7 Å². The molecule has 0 radical (unpaired) electrons. The van der Waals surface area contributed by atoms with E-state index in [0.717, 1.165) is 12.2 Å². The molecule has 0 aromatic heterocycles. The zero-order valence-electron chi connectivity index (χ0n) is 18.6. The predicted molar refractivity (Wildman–Crippen MR) is 129 cm³/mol. The summed E-state index contributed by atoms with van der Waals surface area (Å²) in [5.41, 5.74) is 1.77. The van der Waals surface area contributed by atoms with Crippen LogP contribution in [0.15, 0.2) is 24.3 Å². The van der Waals surface area contributed by atoms with E-state index in [9.17, 15) is 4.79 Å². The Morgan fingerprint density at radius 3 is 1.76 bits per heavy atom. The summed E-state index contributed by atoms with van der Waals surface area (Å²) in [5.74, 6) is 0.456. The van der Waals surface area contributed by atoms with Crippen molar-refractivity contribution < 1.29 is 9.90 Å². The minimum atomic E-state index is 0.0255. The number of nitrogens with one attached hydrogen (secondary N) is 1. The highest BCUT2D eigenvalue weighted by molar-refractivity contribution is 8.14. The molecule has 0 fully saturated rings. The normalized spacial score (nSPS) is 11.0. The van der Waals surface area contributed by atoms with Crippen LogP contribution >= 0.6 is 11.8 Å². The fraction of sp³-hybridized carbons (Fsp3) is 0.720. The number of unbranched alkanes of at least 4 members (excludes halogenated alkanes) is 13. The average Bonchev–Trinajstić information content (AvgIpc) is 2.75. The lowest BCUT2D eigenvalue weighted by atomic mass is 10.0. The second-order valence-corrected chi connectivity index (χ2v) is 9.03. The Hall–Kier alpha value is -1.00. The van der Waals surface area contributed by atoms with E-state index in [4.69, 9.17) is 5.11 Å². The Balaban J connectivity index is 1.90. The molecule has 0 unspecified atom stereocenters. The van der Waals surface area contributed by atoms with Gasteiger partial charge in [-0.2, -0.15) is 0 Å². The Morgan fingerprint density at radius 1 is 0.793 bits per heavy atom. The monoisotopic (exact) mass is 421 g/mol. The lowest BCUT2D eigenvalue weighted by Crippen LogP contribution is -2.02. The van der Waals surface area contributed by atoms with Crippen molar-refractivity contribution in [2.45, 2.75) is 96.8 Å². The van der Waals surface area contributed by atoms with Crippen LogP contribution in [0.5, 0.6) is 0 Å². The largest absolute Gasteiger partial charge is 0.396 e. The highest BCUT2D eigenvalue weighted by Gasteiger charge is 2.05. The summed E-state index contributed by atoms with van der Waals surface area (Å²) in [6, 6.07) is 7.66. The Morgan fingerprint density at radius 2 is 1.28 bits per heavy atom. The topological polar surface area (TPSA) is 49.3 Å². The van der Waals surface area contributed by atoms with Crippen molar-refractivity contribution in [1.29, 1.82) is 0 Å². The van der Waals surface area contributed by atoms with Gasteiger partial charge in [0.05, 0.1) is 6.61 Å². The number of carbonyl (C=O) groups is 1. The van der Waals surface area contributed by atoms with Gasteiger partial charge in [0, 0.05) is 23.5 Å². The summed E-state index contributed by atoms with van der Waals surface area (Å²) in [6.07, 6.45) is 19.4. The quantitative estimate of drug-likeness (QED) is 0.228. The minimum Gasteiger partial charge on any atom is -0.396 e. The zero-order chi connectivity index (χ0) is 21.0. The molecule has 1 aromatic rings. The first-order chi connectivity index (χ1) is 14.3. The molecule has 0 bridgehead atoms. The fourth-order valence-corrected chi connectivity index (χ4v) is 4.08. The lowest BCUT2D eigenvalue weighted by molar-refractivity contribution is 0.108. The third-order valence-electron chi connectivity index (χ3n) is 5.30. The SMILES string of the molecule is CCCCCCCCCCCCCCCCNc1ccc(C(=O)SCCO)cc1. The molecule has 0 spiro atoms. The van der Waals surface area contributed by atoms with Crippen molar-refractivity contribution >= 4 is 22.6 Å². The molecule has 1 aromatic carbocycles. The number of carbonyl (C=O) groups excluding carboxylic acids is 1. The standard InChI is InChI=1S/C25H43NO2S/c1-2-3-4-5-6-7-8-9-10-11-12-13-14-15-20-26-24-18-16-23(17-19-24)25(28)29-22-21-27/h16-19,26-27H,2-15,20-22H2,1H3. The zero-order valence-corrected chi connectivity index (χ0v) is 19.4. The van der Waals surface area contributed by atoms with Gasteiger partial charge in [0.25, 0.3) is 0 Å². The molecule has 0 saturated carbocycles. The summed E-state index contributed by atoms with van der Waals surface area (Å²) in [6.45, 7) is 3.31. The van der Waals surface area contributed by atoms with Crippen LogP contribution in [0, 0.1) is 0 Å². The highest BCUT2D eigenvalue weighted by Crippen LogP contribution is 2.16. The van der Waals surface area contributed by atoms with Crippen LogP contribution in [0.2, 0.25) is 0 Å². The van der Waals surface area contributed by atoms with Gasteiger partial charge in [-0.3, -0.25) is 4.79 Å². The van der Waals surface area contributed by atoms with Gasteiger partial charge in [0.2, 0.25) is 5.12 Å². The number of hydrogen-bond acceptors (Lipinski definition) is 4. The number of hydrogen-bond donors (Lipinski definition) is 2. The molecule has 1 rings (SSSR count). The molecular weight excluding hydrogens is 378 g/mol. The van der Waals surface area contributed by atoms with E-state index < -0.39 is 0 Å². The van der Waals surface area contributed by atoms with Crippen LogP contribution in [-0.4, -0.2) is 29.1 Å². The first-order valence-electron chi connectivity index (χ1n) is 11.9. The van der Waals surface area contributed by atoms with E-state index in [1.54, 1.807) is 0 Å². The van der Waals surface area contributed by atoms with Crippen LogP contribution in [0.3, 0.4) is 0 Å². The Bertz CT molecular complexity index is 504. The molecule has 2 N–H and O–H groups in total. The van der Waals surface area contributed by atoms with Crippen molar-refractivity contribution in [1.82, 2.24) is 0 Å². The average molecular weight is 422 g/mol. The van der Waals surface area contributed by atoms with Crippen LogP contribution in [-0.2, 0) is 0 Å². The molecule has 0 aliphatic carbocycles. The van der Waals surface area contributed by atoms with Gasteiger partial charge in [-0.05, 0) is 30.7 Å². The summed E-state index contributed by atoms with van der Waals surface area (Å²) in [5, 5.41) is 12.3. The van der Waals surface area contributed by atoms with E-state index >= 15 is 0 Å². The van der Waals surface area contributed by atoms with E-state index in [1.165, 1.54) is 102 Å². The minimum absolute atomic E-state index is 0.0255. The van der Waals surface area contributed by atoms with Gasteiger partial charge in [-0.1, -0.05) is 102 Å². The molecule has 4 heteroatoms. The molecule has 0 atom stereocenters. The summed E-state index contributed by atoms with van der Waals surface area (Å²) < 4.78 is 0. The van der Waals surface area contributed by atoms with Gasteiger partial charge in [-0.15, -0.1) is 0 Å². The molecule has 0 amide bonds. The first kappa shape index (κ1) is 26.0. The first-order valence-corrected chi connectivity index (χ1v) is 12.9. The van der Waals surface area contributed by atoms with Crippen LogP contribution in [0.4, 0.5) is 5.69 Å². The van der Waals surface area contributed by atoms with Gasteiger partial charge < -0.3 is 10.4 Å². The van der Waals surface area contributed by atoms with Crippen LogP contribution in [0.1, 0.15) is 107 Å². The van der Waals surface area contributed by atoms with Crippen molar-refractivity contribution in [3.8, 4) is 0 Å². The van der Waals surface area contributed by atoms with Crippen molar-refractivity contribution in [3.05, 3.63) is 29.8 Å². The predicted octanol–water partition coefficient (Wildman–Crippen LogP) is 7.45. The summed E-state index contributed by atoms with van der Waals surface area (Å²) >= 11 is 1.17. The van der Waals surface area contributed by atoms with Crippen LogP contribution < -0.4 is 5.32 Å². The molecule has 29 heavy (non-hydrogen) atoms. The van der Waals surface area contributed by atoms with E-state index in [1.807, 2.05) is 24.3 Å². The number of benzene rings is 1. The third kappa shape index (κ3) is 14.6. The Kier molecular flexibility index (Phi) is 17.1.